The molecule has 0 saturated heterocycles. The third kappa shape index (κ3) is 2.56. The van der Waals surface area contributed by atoms with E-state index in [4.69, 9.17) is 0 Å². The molecule has 3 heterocycles. The van der Waals surface area contributed by atoms with E-state index in [0.717, 1.165) is 16.6 Å². The molecule has 102 valence electrons. The second-order valence-corrected chi connectivity index (χ2v) is 5.51. The number of hydrogen-bond acceptors (Lipinski definition) is 6. The summed E-state index contributed by atoms with van der Waals surface area (Å²) >= 11 is 5.11. The maximum Gasteiger partial charge on any atom is 0.240 e. The number of imidazole rings is 1. The Morgan fingerprint density at radius 3 is 2.85 bits per heavy atom. The average molecular weight is 351 g/mol. The number of aromatic nitrogens is 5. The average Bonchev–Trinajstić information content (AvgIpc) is 3.09. The Kier molecular flexibility index (Phi) is 3.75. The van der Waals surface area contributed by atoms with Crippen LogP contribution in [0.1, 0.15) is 6.92 Å². The molecule has 0 fully saturated rings. The van der Waals surface area contributed by atoms with E-state index in [0.29, 0.717) is 17.7 Å². The standard InChI is InChI=1S/C12H11BrN6S/c1-2-15-11-16-10(8-5-20-6-9(8)13)17-12(18-11)19-4-3-14-7-19/h3-7H,2H2,1H3,(H,15,16,17,18). The summed E-state index contributed by atoms with van der Waals surface area (Å²) in [6.07, 6.45) is 5.16. The van der Waals surface area contributed by atoms with Crippen LogP contribution in [0.4, 0.5) is 5.95 Å². The summed E-state index contributed by atoms with van der Waals surface area (Å²) in [5.41, 5.74) is 0.956. The fourth-order valence-electron chi connectivity index (χ4n) is 1.66. The molecule has 3 rings (SSSR count). The van der Waals surface area contributed by atoms with E-state index in [1.807, 2.05) is 17.7 Å². The molecule has 0 unspecified atom stereocenters. The van der Waals surface area contributed by atoms with Crippen molar-refractivity contribution in [2.75, 3.05) is 11.9 Å². The lowest BCUT2D eigenvalue weighted by Crippen LogP contribution is -2.09. The summed E-state index contributed by atoms with van der Waals surface area (Å²) in [5.74, 6) is 1.73. The van der Waals surface area contributed by atoms with E-state index < -0.39 is 0 Å². The maximum atomic E-state index is 4.50. The van der Waals surface area contributed by atoms with Crippen molar-refractivity contribution in [2.45, 2.75) is 6.92 Å². The molecular weight excluding hydrogens is 340 g/mol. The lowest BCUT2D eigenvalue weighted by Gasteiger charge is -2.07. The number of nitrogens with one attached hydrogen (secondary N) is 1. The van der Waals surface area contributed by atoms with Crippen LogP contribution < -0.4 is 5.32 Å². The van der Waals surface area contributed by atoms with Gasteiger partial charge in [0.2, 0.25) is 11.9 Å². The lowest BCUT2D eigenvalue weighted by atomic mass is 10.3. The highest BCUT2D eigenvalue weighted by Gasteiger charge is 2.12. The minimum Gasteiger partial charge on any atom is -0.354 e. The summed E-state index contributed by atoms with van der Waals surface area (Å²) in [6, 6.07) is 0. The molecule has 3 aromatic heterocycles. The minimum absolute atomic E-state index is 0.543. The first-order chi connectivity index (χ1) is 9.78. The lowest BCUT2D eigenvalue weighted by molar-refractivity contribution is 0.896. The van der Waals surface area contributed by atoms with Crippen molar-refractivity contribution in [3.63, 3.8) is 0 Å². The van der Waals surface area contributed by atoms with E-state index in [-0.39, 0.29) is 0 Å². The van der Waals surface area contributed by atoms with Crippen LogP contribution in [0.5, 0.6) is 0 Å². The Morgan fingerprint density at radius 1 is 1.30 bits per heavy atom. The van der Waals surface area contributed by atoms with Gasteiger partial charge >= 0.3 is 0 Å². The molecule has 0 aliphatic heterocycles. The summed E-state index contributed by atoms with van der Waals surface area (Å²) in [5, 5.41) is 7.13. The predicted octanol–water partition coefficient (Wildman–Crippen LogP) is 2.98. The van der Waals surface area contributed by atoms with E-state index in [2.05, 4.69) is 41.2 Å². The fourth-order valence-corrected chi connectivity index (χ4v) is 3.11. The normalized spacial score (nSPS) is 10.7. The molecule has 0 bridgehead atoms. The molecule has 0 aliphatic rings. The van der Waals surface area contributed by atoms with E-state index >= 15 is 0 Å². The smallest absolute Gasteiger partial charge is 0.240 e. The van der Waals surface area contributed by atoms with Crippen LogP contribution in [0.25, 0.3) is 17.3 Å². The zero-order valence-corrected chi connectivity index (χ0v) is 13.0. The third-order valence-corrected chi connectivity index (χ3v) is 4.25. The Labute approximate surface area is 128 Å². The molecule has 1 N–H and O–H groups in total. The number of thiophene rings is 1. The van der Waals surface area contributed by atoms with Gasteiger partial charge in [-0.05, 0) is 22.9 Å². The zero-order chi connectivity index (χ0) is 13.9. The summed E-state index contributed by atoms with van der Waals surface area (Å²) in [6.45, 7) is 2.75. The van der Waals surface area contributed by atoms with Crippen molar-refractivity contribution >= 4 is 33.2 Å². The number of rotatable bonds is 4. The van der Waals surface area contributed by atoms with Gasteiger partial charge in [0.05, 0.1) is 0 Å². The second kappa shape index (κ2) is 5.68. The Morgan fingerprint density at radius 2 is 2.20 bits per heavy atom. The van der Waals surface area contributed by atoms with Gasteiger partial charge < -0.3 is 5.32 Å². The van der Waals surface area contributed by atoms with Gasteiger partial charge in [-0.3, -0.25) is 4.57 Å². The third-order valence-electron chi connectivity index (χ3n) is 2.55. The van der Waals surface area contributed by atoms with Crippen molar-refractivity contribution in [3.8, 4) is 17.3 Å². The quantitative estimate of drug-likeness (QED) is 0.783. The zero-order valence-electron chi connectivity index (χ0n) is 10.6. The molecule has 20 heavy (non-hydrogen) atoms. The monoisotopic (exact) mass is 350 g/mol. The molecule has 0 radical (unpaired) electrons. The van der Waals surface area contributed by atoms with Crippen molar-refractivity contribution in [2.24, 2.45) is 0 Å². The van der Waals surface area contributed by atoms with Gasteiger partial charge in [0.25, 0.3) is 0 Å². The maximum absolute atomic E-state index is 4.50. The van der Waals surface area contributed by atoms with Gasteiger partial charge in [0.15, 0.2) is 5.82 Å². The molecule has 0 aliphatic carbocycles. The van der Waals surface area contributed by atoms with Crippen molar-refractivity contribution in [3.05, 3.63) is 34.0 Å². The Balaban J connectivity index is 2.12. The Hall–Kier alpha value is -1.80. The van der Waals surface area contributed by atoms with Crippen LogP contribution >= 0.6 is 27.3 Å². The van der Waals surface area contributed by atoms with Gasteiger partial charge in [-0.1, -0.05) is 0 Å². The SMILES string of the molecule is CCNc1nc(-c2cscc2Br)nc(-n2ccnc2)n1. The first kappa shape index (κ1) is 13.2. The molecule has 0 spiro atoms. The van der Waals surface area contributed by atoms with Gasteiger partial charge in [-0.15, -0.1) is 0 Å². The molecule has 0 amide bonds. The second-order valence-electron chi connectivity index (χ2n) is 3.92. The molecule has 0 atom stereocenters. The minimum atomic E-state index is 0.543. The van der Waals surface area contributed by atoms with Crippen LogP contribution in [-0.2, 0) is 0 Å². The topological polar surface area (TPSA) is 68.5 Å². The molecule has 3 aromatic rings. The molecule has 0 aromatic carbocycles. The van der Waals surface area contributed by atoms with Gasteiger partial charge in [-0.25, -0.2) is 4.98 Å². The highest BCUT2D eigenvalue weighted by Crippen LogP contribution is 2.29. The van der Waals surface area contributed by atoms with E-state index in [1.54, 1.807) is 34.6 Å². The number of anilines is 1. The van der Waals surface area contributed by atoms with E-state index in [9.17, 15) is 0 Å². The number of hydrogen-bond donors (Lipinski definition) is 1. The molecule has 6 nitrogen and oxygen atoms in total. The van der Waals surface area contributed by atoms with Crippen LogP contribution in [0.2, 0.25) is 0 Å². The van der Waals surface area contributed by atoms with Gasteiger partial charge in [0.1, 0.15) is 6.33 Å². The Bertz CT molecular complexity index is 709. The van der Waals surface area contributed by atoms with Crippen LogP contribution in [0.15, 0.2) is 34.0 Å². The first-order valence-electron chi connectivity index (χ1n) is 5.98. The molecule has 0 saturated carbocycles. The molecule has 8 heteroatoms. The van der Waals surface area contributed by atoms with Crippen LogP contribution in [0, 0.1) is 0 Å². The van der Waals surface area contributed by atoms with Crippen molar-refractivity contribution in [1.82, 2.24) is 24.5 Å². The van der Waals surface area contributed by atoms with Crippen molar-refractivity contribution in [1.29, 1.82) is 0 Å². The van der Waals surface area contributed by atoms with Crippen LogP contribution in [0.3, 0.4) is 0 Å². The van der Waals surface area contributed by atoms with Gasteiger partial charge in [0, 0.05) is 39.7 Å². The largest absolute Gasteiger partial charge is 0.354 e. The van der Waals surface area contributed by atoms with Crippen LogP contribution in [-0.4, -0.2) is 31.0 Å². The highest BCUT2D eigenvalue weighted by molar-refractivity contribution is 9.10. The fraction of sp³-hybridized carbons (Fsp3) is 0.167. The van der Waals surface area contributed by atoms with E-state index in [1.165, 1.54) is 0 Å². The highest BCUT2D eigenvalue weighted by atomic mass is 79.9. The van der Waals surface area contributed by atoms with Crippen molar-refractivity contribution < 1.29 is 0 Å². The number of nitrogens with zero attached hydrogens (tertiary/aromatic N) is 5. The summed E-state index contributed by atoms with van der Waals surface area (Å²) < 4.78 is 2.74. The number of halogens is 1. The predicted molar refractivity (Wildman–Crippen MR) is 82.1 cm³/mol. The van der Waals surface area contributed by atoms with Gasteiger partial charge in [-0.2, -0.15) is 26.3 Å². The summed E-state index contributed by atoms with van der Waals surface area (Å²) in [7, 11) is 0. The summed E-state index contributed by atoms with van der Waals surface area (Å²) in [4.78, 5) is 17.3. The molecular formula is C12H11BrN6S. The first-order valence-corrected chi connectivity index (χ1v) is 7.72.